The Morgan fingerprint density at radius 2 is 1.72 bits per heavy atom. The summed E-state index contributed by atoms with van der Waals surface area (Å²) in [6, 6.07) is 12.5. The predicted octanol–water partition coefficient (Wildman–Crippen LogP) is 5.71. The Hall–Kier alpha value is -5.57. The number of rotatable bonds is 23. The number of aryl methyl sites for hydroxylation is 1. The van der Waals surface area contributed by atoms with Crippen molar-refractivity contribution in [1.82, 2.24) is 14.9 Å². The Balaban J connectivity index is 0.991. The maximum absolute atomic E-state index is 16.9. The minimum Gasteiger partial charge on any atom is -0.748 e. The minimum absolute atomic E-state index is 0.00796. The van der Waals surface area contributed by atoms with E-state index >= 15 is 8.63 Å². The minimum atomic E-state index is -4.85. The highest BCUT2D eigenvalue weighted by Crippen LogP contribution is 2.40. The number of imide groups is 1. The van der Waals surface area contributed by atoms with Gasteiger partial charge in [0.25, 0.3) is 11.8 Å². The van der Waals surface area contributed by atoms with Gasteiger partial charge in [-0.2, -0.15) is 0 Å². The second kappa shape index (κ2) is 20.7. The summed E-state index contributed by atoms with van der Waals surface area (Å²) in [7, 11) is 1.51. The van der Waals surface area contributed by atoms with Crippen molar-refractivity contribution in [3.05, 3.63) is 92.6 Å². The van der Waals surface area contributed by atoms with E-state index in [0.717, 1.165) is 43.5 Å². The van der Waals surface area contributed by atoms with E-state index in [-0.39, 0.29) is 58.1 Å². The number of allylic oxidation sites excluding steroid dienone is 2. The number of hydrogen-bond donors (Lipinski definition) is 1. The number of fused-ring (bicyclic) bond motifs is 2. The van der Waals surface area contributed by atoms with E-state index in [9.17, 15) is 36.9 Å². The first kappa shape index (κ1) is 48.9. The van der Waals surface area contributed by atoms with E-state index in [4.69, 9.17) is 9.57 Å². The molecule has 0 saturated carbocycles. The first-order valence-electron chi connectivity index (χ1n) is 21.6. The number of ether oxygens (including phenoxy) is 1. The molecule has 1 unspecified atom stereocenters. The third-order valence-corrected chi connectivity index (χ3v) is 12.9. The van der Waals surface area contributed by atoms with Crippen LogP contribution in [0.25, 0.3) is 18.2 Å². The number of carbonyl (C=O) groups excluding carboxylic acids is 5. The van der Waals surface area contributed by atoms with E-state index in [1.807, 2.05) is 36.6 Å². The summed E-state index contributed by atoms with van der Waals surface area (Å²) in [6.45, 7) is -1.37. The van der Waals surface area contributed by atoms with Crippen LogP contribution in [0.1, 0.15) is 91.6 Å². The molecule has 0 bridgehead atoms. The fourth-order valence-electron chi connectivity index (χ4n) is 7.97. The monoisotopic (exact) mass is 937 g/mol. The second-order valence-electron chi connectivity index (χ2n) is 17.5. The van der Waals surface area contributed by atoms with Gasteiger partial charge in [-0.15, -0.1) is 16.4 Å². The van der Waals surface area contributed by atoms with Crippen LogP contribution in [0.2, 0.25) is 0 Å². The van der Waals surface area contributed by atoms with Crippen molar-refractivity contribution in [2.24, 2.45) is 5.92 Å². The number of quaternary nitrogens is 1. The van der Waals surface area contributed by atoms with Gasteiger partial charge in [-0.25, -0.2) is 13.2 Å². The number of nitrogens with one attached hydrogen (secondary N) is 1. The summed E-state index contributed by atoms with van der Waals surface area (Å²) in [5, 5.41) is 4.82. The van der Waals surface area contributed by atoms with Gasteiger partial charge in [0.15, 0.2) is 11.4 Å². The van der Waals surface area contributed by atoms with Gasteiger partial charge in [-0.05, 0) is 79.5 Å². The zero-order valence-electron chi connectivity index (χ0n) is 36.9. The average molecular weight is 938 g/mol. The Morgan fingerprint density at radius 1 is 1.00 bits per heavy atom. The molecule has 3 aliphatic rings. The molecular weight excluding hydrogens is 883 g/mol. The number of Topliss-reactive ketones (excluding diaryl/α,β-unsaturated/α-hetero) is 1. The van der Waals surface area contributed by atoms with Crippen molar-refractivity contribution >= 4 is 81.8 Å². The predicted molar refractivity (Wildman–Crippen MR) is 241 cm³/mol. The number of aromatic nitrogens is 1. The molecule has 1 fully saturated rings. The Bertz CT molecular complexity index is 2530. The SMILES string of the molecule is Cc1cc(/C=C/c2ccc(OCCCC(=O)CC(CS(=O)(=O)[O-])C(=O)NCCCCC(=O)ON3C(=O)CCC3=O)cc2)n2c1C=C1C(CCC[N+](C)(C)C)=CC(c3cccs3)=[N+]1[B-]2(F)F. The fourth-order valence-corrected chi connectivity index (χ4v) is 9.47. The number of carbonyl (C=O) groups is 5. The number of halogens is 2. The molecule has 3 amide bonds. The average Bonchev–Trinajstić information content (AvgIpc) is 4.03. The van der Waals surface area contributed by atoms with Crippen molar-refractivity contribution in [2.45, 2.75) is 71.1 Å². The lowest BCUT2D eigenvalue weighted by Crippen LogP contribution is -2.51. The van der Waals surface area contributed by atoms with E-state index < -0.39 is 64.7 Å². The lowest BCUT2D eigenvalue weighted by molar-refractivity contribution is -0.870. The number of unbranched alkanes of at least 4 members (excludes halogenated alkanes) is 1. The summed E-state index contributed by atoms with van der Waals surface area (Å²) in [6.07, 6.45) is 8.75. The first-order chi connectivity index (χ1) is 30.7. The molecule has 6 rings (SSSR count). The van der Waals surface area contributed by atoms with Crippen LogP contribution < -0.4 is 10.1 Å². The van der Waals surface area contributed by atoms with Crippen LogP contribution in [0.4, 0.5) is 8.63 Å². The molecule has 0 spiro atoms. The number of benzene rings is 1. The van der Waals surface area contributed by atoms with Crippen LogP contribution in [-0.2, 0) is 38.9 Å². The summed E-state index contributed by atoms with van der Waals surface area (Å²) < 4.78 is 77.5. The molecule has 3 aromatic rings. The summed E-state index contributed by atoms with van der Waals surface area (Å²) in [5.74, 6) is -5.23. The van der Waals surface area contributed by atoms with Gasteiger partial charge < -0.3 is 41.5 Å². The first-order valence-corrected chi connectivity index (χ1v) is 24.0. The van der Waals surface area contributed by atoms with Gasteiger partial charge in [0.2, 0.25) is 5.91 Å². The third kappa shape index (κ3) is 12.8. The Morgan fingerprint density at radius 3 is 2.38 bits per heavy atom. The number of thiophene rings is 1. The molecule has 1 aromatic carbocycles. The number of amides is 3. The molecule has 1 N–H and O–H groups in total. The molecule has 5 heterocycles. The fraction of sp³-hybridized carbons (Fsp3) is 0.422. The van der Waals surface area contributed by atoms with Gasteiger partial charge in [0.05, 0.1) is 61.0 Å². The lowest BCUT2D eigenvalue weighted by Gasteiger charge is -2.31. The third-order valence-electron chi connectivity index (χ3n) is 11.2. The van der Waals surface area contributed by atoms with Crippen LogP contribution in [0.3, 0.4) is 0 Å². The van der Waals surface area contributed by atoms with E-state index in [1.165, 1.54) is 15.8 Å². The molecule has 1 atom stereocenters. The number of ketones is 1. The zero-order chi connectivity index (χ0) is 47.1. The zero-order valence-corrected chi connectivity index (χ0v) is 38.6. The number of hydrogen-bond acceptors (Lipinski definition) is 11. The van der Waals surface area contributed by atoms with Gasteiger partial charge in [-0.3, -0.25) is 19.2 Å². The van der Waals surface area contributed by atoms with Gasteiger partial charge in [0, 0.05) is 74.2 Å². The van der Waals surface area contributed by atoms with E-state index in [1.54, 1.807) is 42.5 Å². The van der Waals surface area contributed by atoms with Crippen LogP contribution in [0.15, 0.2) is 65.2 Å². The molecule has 2 aromatic heterocycles. The maximum atomic E-state index is 16.9. The highest BCUT2D eigenvalue weighted by atomic mass is 32.2. The highest BCUT2D eigenvalue weighted by molar-refractivity contribution is 7.85. The summed E-state index contributed by atoms with van der Waals surface area (Å²) in [5.41, 5.74) is 4.30. The van der Waals surface area contributed by atoms with Gasteiger partial charge in [0.1, 0.15) is 11.5 Å². The van der Waals surface area contributed by atoms with Gasteiger partial charge in [-0.1, -0.05) is 24.3 Å². The Labute approximate surface area is 381 Å². The van der Waals surface area contributed by atoms with Crippen LogP contribution >= 0.6 is 11.3 Å². The smallest absolute Gasteiger partial charge is 0.737 e. The summed E-state index contributed by atoms with van der Waals surface area (Å²) in [4.78, 5) is 66.2. The topological polar surface area (TPSA) is 184 Å². The summed E-state index contributed by atoms with van der Waals surface area (Å²) >= 11 is 1.44. The molecule has 348 valence electrons. The molecule has 1 saturated heterocycles. The lowest BCUT2D eigenvalue weighted by atomic mass is 9.88. The number of hydroxylamine groups is 2. The highest BCUT2D eigenvalue weighted by Gasteiger charge is 2.54. The standard InChI is InChI=1S/C45H54BF2N5O10S2/c1-31-26-35(50-38(31)29-39-33(10-7-23-53(2,3)4)28-40(41-12-9-25-64-41)51(39)46(50,47)48)17-14-32-15-18-37(19-16-32)62-24-8-11-36(54)27-34(30-65(59,60)61)45(58)49-22-6-5-13-44(57)63-52-42(55)20-21-43(52)56/h9,12,14-19,25-26,28-29,34H,5-8,10-11,13,20-24,27,30H2,1-4H3,(H-,49,58,59,60,61)/b17-14+. The molecular formula is C45H54BF2N5O10S2. The normalized spacial score (nSPS) is 16.4. The number of nitrogens with zero attached hydrogens (tertiary/aromatic N) is 4. The molecule has 20 heteroatoms. The maximum Gasteiger partial charge on any atom is 0.737 e. The van der Waals surface area contributed by atoms with E-state index in [2.05, 4.69) is 26.5 Å². The van der Waals surface area contributed by atoms with Crippen molar-refractivity contribution in [3.8, 4) is 5.75 Å². The molecule has 15 nitrogen and oxygen atoms in total. The second-order valence-corrected chi connectivity index (χ2v) is 19.9. The van der Waals surface area contributed by atoms with Crippen molar-refractivity contribution in [3.63, 3.8) is 0 Å². The van der Waals surface area contributed by atoms with Crippen molar-refractivity contribution in [1.29, 1.82) is 0 Å². The van der Waals surface area contributed by atoms with Crippen LogP contribution in [0, 0.1) is 12.8 Å². The quantitative estimate of drug-likeness (QED) is 0.0407. The van der Waals surface area contributed by atoms with Crippen molar-refractivity contribution in [2.75, 3.05) is 46.6 Å². The van der Waals surface area contributed by atoms with E-state index in [0.29, 0.717) is 40.0 Å². The van der Waals surface area contributed by atoms with Crippen LogP contribution in [-0.4, -0.2) is 120 Å². The largest absolute Gasteiger partial charge is 0.748 e. The molecule has 0 radical (unpaired) electrons. The van der Waals surface area contributed by atoms with Crippen molar-refractivity contribution < 1.29 is 64.1 Å². The van der Waals surface area contributed by atoms with Crippen LogP contribution in [0.5, 0.6) is 5.75 Å². The van der Waals surface area contributed by atoms with Gasteiger partial charge >= 0.3 is 12.9 Å². The molecule has 3 aliphatic heterocycles. The molecule has 0 aliphatic carbocycles. The molecule has 65 heavy (non-hydrogen) atoms. The Kier molecular flexibility index (Phi) is 15.6.